The second-order valence-electron chi connectivity index (χ2n) is 4.51. The first-order chi connectivity index (χ1) is 8.65. The summed E-state index contributed by atoms with van der Waals surface area (Å²) in [6.45, 7) is 6.84. The van der Waals surface area contributed by atoms with E-state index in [0.29, 0.717) is 12.5 Å². The summed E-state index contributed by atoms with van der Waals surface area (Å²) in [5.74, 6) is 6.79. The van der Waals surface area contributed by atoms with E-state index in [1.54, 1.807) is 0 Å². The van der Waals surface area contributed by atoms with Gasteiger partial charge in [-0.05, 0) is 37.1 Å². The predicted octanol–water partition coefficient (Wildman–Crippen LogP) is 3.04. The lowest BCUT2D eigenvalue weighted by atomic mass is 10.1. The highest BCUT2D eigenvalue weighted by Crippen LogP contribution is 2.28. The van der Waals surface area contributed by atoms with Gasteiger partial charge in [0.25, 0.3) is 0 Å². The average molecular weight is 245 g/mol. The van der Waals surface area contributed by atoms with Gasteiger partial charge in [0.1, 0.15) is 5.75 Å². The summed E-state index contributed by atoms with van der Waals surface area (Å²) in [7, 11) is 0. The molecule has 2 aromatic rings. The number of nitrogens with zero attached hydrogens (tertiary/aromatic N) is 1. The van der Waals surface area contributed by atoms with Gasteiger partial charge < -0.3 is 10.2 Å². The molecule has 3 N–H and O–H groups in total. The Morgan fingerprint density at radius 2 is 2.11 bits per heavy atom. The van der Waals surface area contributed by atoms with Gasteiger partial charge in [-0.3, -0.25) is 10.8 Å². The SMILES string of the molecule is CCOc1ccc2nc(C(C)C)cc(NN)c2c1. The van der Waals surface area contributed by atoms with Crippen LogP contribution in [0.2, 0.25) is 0 Å². The lowest BCUT2D eigenvalue weighted by Gasteiger charge is -2.12. The molecule has 0 unspecified atom stereocenters. The number of hydrazine groups is 1. The monoisotopic (exact) mass is 245 g/mol. The van der Waals surface area contributed by atoms with Crippen molar-refractivity contribution in [1.29, 1.82) is 0 Å². The van der Waals surface area contributed by atoms with Gasteiger partial charge in [-0.25, -0.2) is 0 Å². The lowest BCUT2D eigenvalue weighted by molar-refractivity contribution is 0.340. The number of anilines is 1. The summed E-state index contributed by atoms with van der Waals surface area (Å²) in [6, 6.07) is 7.85. The molecule has 1 heterocycles. The molecule has 0 fully saturated rings. The molecule has 18 heavy (non-hydrogen) atoms. The van der Waals surface area contributed by atoms with Crippen molar-refractivity contribution in [2.75, 3.05) is 12.0 Å². The van der Waals surface area contributed by atoms with Crippen LogP contribution in [0, 0.1) is 0 Å². The minimum atomic E-state index is 0.369. The minimum Gasteiger partial charge on any atom is -0.494 e. The number of nitrogens with two attached hydrogens (primary N) is 1. The molecule has 0 saturated heterocycles. The number of aromatic nitrogens is 1. The molecule has 2 rings (SSSR count). The van der Waals surface area contributed by atoms with E-state index in [4.69, 9.17) is 10.6 Å². The third-order valence-electron chi connectivity index (χ3n) is 2.86. The summed E-state index contributed by atoms with van der Waals surface area (Å²) in [5, 5.41) is 0.979. The summed E-state index contributed by atoms with van der Waals surface area (Å²) in [6.07, 6.45) is 0. The highest BCUT2D eigenvalue weighted by molar-refractivity contribution is 5.92. The Bertz CT molecular complexity index is 552. The van der Waals surface area contributed by atoms with Crippen LogP contribution in [-0.4, -0.2) is 11.6 Å². The zero-order valence-corrected chi connectivity index (χ0v) is 11.0. The Labute approximate surface area is 107 Å². The van der Waals surface area contributed by atoms with E-state index >= 15 is 0 Å². The molecular weight excluding hydrogens is 226 g/mol. The minimum absolute atomic E-state index is 0.369. The van der Waals surface area contributed by atoms with Gasteiger partial charge in [0, 0.05) is 11.1 Å². The maximum Gasteiger partial charge on any atom is 0.120 e. The standard InChI is InChI=1S/C14H19N3O/c1-4-18-10-5-6-12-11(7-10)14(17-15)8-13(16-12)9(2)3/h5-9H,4,15H2,1-3H3,(H,16,17). The highest BCUT2D eigenvalue weighted by atomic mass is 16.5. The number of fused-ring (bicyclic) bond motifs is 1. The third kappa shape index (κ3) is 2.38. The molecule has 0 saturated carbocycles. The van der Waals surface area contributed by atoms with Crippen molar-refractivity contribution in [3.8, 4) is 5.75 Å². The van der Waals surface area contributed by atoms with Crippen molar-refractivity contribution in [2.24, 2.45) is 5.84 Å². The molecule has 0 aliphatic rings. The molecule has 0 bridgehead atoms. The Kier molecular flexibility index (Phi) is 3.67. The number of pyridine rings is 1. The van der Waals surface area contributed by atoms with Gasteiger partial charge in [-0.2, -0.15) is 0 Å². The molecule has 0 amide bonds. The summed E-state index contributed by atoms with van der Waals surface area (Å²) >= 11 is 0. The second-order valence-corrected chi connectivity index (χ2v) is 4.51. The fourth-order valence-electron chi connectivity index (χ4n) is 1.90. The van der Waals surface area contributed by atoms with E-state index in [1.165, 1.54) is 0 Å². The van der Waals surface area contributed by atoms with Gasteiger partial charge in [0.05, 0.1) is 17.8 Å². The van der Waals surface area contributed by atoms with Gasteiger partial charge in [0.15, 0.2) is 0 Å². The molecule has 1 aromatic carbocycles. The molecule has 4 heteroatoms. The van der Waals surface area contributed by atoms with Crippen LogP contribution in [0.3, 0.4) is 0 Å². The summed E-state index contributed by atoms with van der Waals surface area (Å²) in [5.41, 5.74) is 5.57. The van der Waals surface area contributed by atoms with E-state index in [-0.39, 0.29) is 0 Å². The third-order valence-corrected chi connectivity index (χ3v) is 2.86. The quantitative estimate of drug-likeness (QED) is 0.642. The lowest BCUT2D eigenvalue weighted by Crippen LogP contribution is -2.09. The van der Waals surface area contributed by atoms with Crippen LogP contribution in [0.25, 0.3) is 10.9 Å². The van der Waals surface area contributed by atoms with Crippen LogP contribution >= 0.6 is 0 Å². The first-order valence-corrected chi connectivity index (χ1v) is 6.19. The number of hydrogen-bond donors (Lipinski definition) is 2. The summed E-state index contributed by atoms with van der Waals surface area (Å²) in [4.78, 5) is 4.63. The molecule has 0 atom stereocenters. The molecular formula is C14H19N3O. The summed E-state index contributed by atoms with van der Waals surface area (Å²) < 4.78 is 5.49. The predicted molar refractivity (Wildman–Crippen MR) is 74.8 cm³/mol. The topological polar surface area (TPSA) is 60.2 Å². The van der Waals surface area contributed by atoms with Gasteiger partial charge in [-0.1, -0.05) is 13.8 Å². The number of rotatable bonds is 4. The zero-order valence-electron chi connectivity index (χ0n) is 11.0. The number of nitrogens with one attached hydrogen (secondary N) is 1. The Balaban J connectivity index is 2.60. The number of nitrogen functional groups attached to an aromatic ring is 1. The normalized spacial score (nSPS) is 10.9. The van der Waals surface area contributed by atoms with Crippen molar-refractivity contribution < 1.29 is 4.74 Å². The molecule has 0 aliphatic heterocycles. The van der Waals surface area contributed by atoms with Crippen molar-refractivity contribution in [1.82, 2.24) is 4.98 Å². The first kappa shape index (κ1) is 12.6. The van der Waals surface area contributed by atoms with Crippen molar-refractivity contribution >= 4 is 16.6 Å². The van der Waals surface area contributed by atoms with Crippen LogP contribution in [0.15, 0.2) is 24.3 Å². The van der Waals surface area contributed by atoms with E-state index in [0.717, 1.165) is 28.0 Å². The van der Waals surface area contributed by atoms with Crippen molar-refractivity contribution in [3.63, 3.8) is 0 Å². The largest absolute Gasteiger partial charge is 0.494 e. The van der Waals surface area contributed by atoms with E-state index in [9.17, 15) is 0 Å². The van der Waals surface area contributed by atoms with Crippen molar-refractivity contribution in [3.05, 3.63) is 30.0 Å². The number of benzene rings is 1. The van der Waals surface area contributed by atoms with Gasteiger partial charge in [-0.15, -0.1) is 0 Å². The Hall–Kier alpha value is -1.81. The Morgan fingerprint density at radius 3 is 2.72 bits per heavy atom. The number of ether oxygens (including phenoxy) is 1. The average Bonchev–Trinajstić information content (AvgIpc) is 2.37. The van der Waals surface area contributed by atoms with E-state index < -0.39 is 0 Å². The molecule has 0 aliphatic carbocycles. The fraction of sp³-hybridized carbons (Fsp3) is 0.357. The Morgan fingerprint density at radius 1 is 1.33 bits per heavy atom. The maximum absolute atomic E-state index is 5.59. The van der Waals surface area contributed by atoms with E-state index in [2.05, 4.69) is 24.3 Å². The maximum atomic E-state index is 5.59. The highest BCUT2D eigenvalue weighted by Gasteiger charge is 2.08. The van der Waals surface area contributed by atoms with Crippen LogP contribution in [-0.2, 0) is 0 Å². The van der Waals surface area contributed by atoms with Crippen LogP contribution in [0.4, 0.5) is 5.69 Å². The van der Waals surface area contributed by atoms with E-state index in [1.807, 2.05) is 31.2 Å². The molecule has 0 radical (unpaired) electrons. The van der Waals surface area contributed by atoms with Crippen LogP contribution < -0.4 is 16.0 Å². The zero-order chi connectivity index (χ0) is 13.1. The molecule has 1 aromatic heterocycles. The number of hydrogen-bond acceptors (Lipinski definition) is 4. The van der Waals surface area contributed by atoms with Gasteiger partial charge in [0.2, 0.25) is 0 Å². The van der Waals surface area contributed by atoms with Crippen molar-refractivity contribution in [2.45, 2.75) is 26.7 Å². The molecule has 4 nitrogen and oxygen atoms in total. The smallest absolute Gasteiger partial charge is 0.120 e. The first-order valence-electron chi connectivity index (χ1n) is 6.19. The van der Waals surface area contributed by atoms with Crippen LogP contribution in [0.1, 0.15) is 32.4 Å². The van der Waals surface area contributed by atoms with Gasteiger partial charge >= 0.3 is 0 Å². The second kappa shape index (κ2) is 5.23. The molecule has 0 spiro atoms. The molecule has 96 valence electrons. The fourth-order valence-corrected chi connectivity index (χ4v) is 1.90. The van der Waals surface area contributed by atoms with Crippen LogP contribution in [0.5, 0.6) is 5.75 Å².